The Balaban J connectivity index is 1.65. The SMILES string of the molecule is Cn1cccc1C(=O)C[C@H](CCn1ccnn1)C(=O)NCc1ccccc1. The molecule has 7 heteroatoms. The summed E-state index contributed by atoms with van der Waals surface area (Å²) in [5, 5.41) is 10.7. The molecule has 0 radical (unpaired) electrons. The number of aryl methyl sites for hydroxylation is 2. The lowest BCUT2D eigenvalue weighted by molar-refractivity contribution is -0.125. The largest absolute Gasteiger partial charge is 0.352 e. The van der Waals surface area contributed by atoms with Crippen LogP contribution in [-0.2, 0) is 24.9 Å². The molecule has 0 aliphatic carbocycles. The molecule has 0 unspecified atom stereocenters. The standard InChI is InChI=1S/C20H23N5O2/c1-24-11-5-8-18(24)19(26)14-17(9-12-25-13-10-22-23-25)20(27)21-15-16-6-3-2-4-7-16/h2-8,10-11,13,17H,9,12,14-15H2,1H3,(H,21,27)/t17-/m0/s1. The molecule has 7 nitrogen and oxygen atoms in total. The highest BCUT2D eigenvalue weighted by Crippen LogP contribution is 2.16. The predicted molar refractivity (Wildman–Crippen MR) is 101 cm³/mol. The number of amides is 1. The van der Waals surface area contributed by atoms with Crippen molar-refractivity contribution in [3.05, 3.63) is 72.3 Å². The van der Waals surface area contributed by atoms with Gasteiger partial charge in [-0.15, -0.1) is 5.10 Å². The summed E-state index contributed by atoms with van der Waals surface area (Å²) >= 11 is 0. The molecule has 3 aromatic rings. The summed E-state index contributed by atoms with van der Waals surface area (Å²) in [6, 6.07) is 13.3. The van der Waals surface area contributed by atoms with E-state index >= 15 is 0 Å². The van der Waals surface area contributed by atoms with Crippen molar-refractivity contribution >= 4 is 11.7 Å². The first-order chi connectivity index (χ1) is 13.1. The maximum Gasteiger partial charge on any atom is 0.223 e. The van der Waals surface area contributed by atoms with E-state index in [0.717, 1.165) is 5.56 Å². The van der Waals surface area contributed by atoms with Crippen molar-refractivity contribution in [2.24, 2.45) is 13.0 Å². The van der Waals surface area contributed by atoms with Gasteiger partial charge in [0.25, 0.3) is 0 Å². The fourth-order valence-corrected chi connectivity index (χ4v) is 2.97. The average molecular weight is 365 g/mol. The number of hydrogen-bond acceptors (Lipinski definition) is 4. The third kappa shape index (κ3) is 5.13. The third-order valence-corrected chi connectivity index (χ3v) is 4.52. The number of Topliss-reactive ketones (excluding diaryl/α,β-unsaturated/α-hetero) is 1. The van der Waals surface area contributed by atoms with Crippen molar-refractivity contribution in [1.29, 1.82) is 0 Å². The Hall–Kier alpha value is -3.22. The van der Waals surface area contributed by atoms with Crippen LogP contribution in [0.3, 0.4) is 0 Å². The van der Waals surface area contributed by atoms with Gasteiger partial charge in [-0.2, -0.15) is 0 Å². The molecular weight excluding hydrogens is 342 g/mol. The Morgan fingerprint density at radius 2 is 1.93 bits per heavy atom. The normalized spacial score (nSPS) is 11.9. The molecule has 0 aliphatic rings. The molecule has 1 atom stereocenters. The summed E-state index contributed by atoms with van der Waals surface area (Å²) in [4.78, 5) is 25.4. The number of nitrogens with one attached hydrogen (secondary N) is 1. The number of hydrogen-bond donors (Lipinski definition) is 1. The summed E-state index contributed by atoms with van der Waals surface area (Å²) in [6.45, 7) is 0.974. The topological polar surface area (TPSA) is 81.8 Å². The van der Waals surface area contributed by atoms with E-state index in [1.807, 2.05) is 49.6 Å². The van der Waals surface area contributed by atoms with E-state index < -0.39 is 5.92 Å². The van der Waals surface area contributed by atoms with E-state index in [0.29, 0.717) is 25.2 Å². The van der Waals surface area contributed by atoms with E-state index in [4.69, 9.17) is 0 Å². The molecule has 0 bridgehead atoms. The summed E-state index contributed by atoms with van der Waals surface area (Å²) in [5.41, 5.74) is 1.63. The third-order valence-electron chi connectivity index (χ3n) is 4.52. The molecular formula is C20H23N5O2. The number of rotatable bonds is 9. The number of carbonyl (C=O) groups excluding carboxylic acids is 2. The van der Waals surface area contributed by atoms with Gasteiger partial charge in [0.2, 0.25) is 5.91 Å². The number of ketones is 1. The molecule has 3 rings (SSSR count). The molecule has 1 N–H and O–H groups in total. The molecule has 2 heterocycles. The molecule has 1 aromatic carbocycles. The van der Waals surface area contributed by atoms with Gasteiger partial charge in [-0.1, -0.05) is 35.5 Å². The minimum Gasteiger partial charge on any atom is -0.352 e. The fraction of sp³-hybridized carbons (Fsp3) is 0.300. The molecule has 0 spiro atoms. The molecule has 2 aromatic heterocycles. The van der Waals surface area contributed by atoms with Gasteiger partial charge in [0, 0.05) is 44.9 Å². The van der Waals surface area contributed by atoms with E-state index in [2.05, 4.69) is 15.6 Å². The zero-order valence-corrected chi connectivity index (χ0v) is 15.3. The summed E-state index contributed by atoms with van der Waals surface area (Å²) in [6.07, 6.45) is 5.85. The van der Waals surface area contributed by atoms with Gasteiger partial charge in [-0.25, -0.2) is 0 Å². The minimum atomic E-state index is -0.430. The van der Waals surface area contributed by atoms with Crippen LogP contribution in [-0.4, -0.2) is 31.3 Å². The van der Waals surface area contributed by atoms with Gasteiger partial charge in [0.05, 0.1) is 11.9 Å². The van der Waals surface area contributed by atoms with Crippen molar-refractivity contribution in [3.63, 3.8) is 0 Å². The van der Waals surface area contributed by atoms with Gasteiger partial charge in [-0.3, -0.25) is 14.3 Å². The van der Waals surface area contributed by atoms with Crippen LogP contribution < -0.4 is 5.32 Å². The predicted octanol–water partition coefficient (Wildman–Crippen LogP) is 2.21. The van der Waals surface area contributed by atoms with E-state index in [1.165, 1.54) is 0 Å². The van der Waals surface area contributed by atoms with Gasteiger partial charge in [0.15, 0.2) is 5.78 Å². The van der Waals surface area contributed by atoms with E-state index in [-0.39, 0.29) is 18.1 Å². The molecule has 140 valence electrons. The monoisotopic (exact) mass is 365 g/mol. The Labute approximate surface area is 158 Å². The van der Waals surface area contributed by atoms with Gasteiger partial charge >= 0.3 is 0 Å². The highest BCUT2D eigenvalue weighted by molar-refractivity contribution is 5.97. The summed E-state index contributed by atoms with van der Waals surface area (Å²) < 4.78 is 3.45. The Morgan fingerprint density at radius 1 is 1.11 bits per heavy atom. The van der Waals surface area contributed by atoms with E-state index in [9.17, 15) is 9.59 Å². The number of benzene rings is 1. The van der Waals surface area contributed by atoms with Crippen molar-refractivity contribution < 1.29 is 9.59 Å². The first kappa shape index (κ1) is 18.6. The number of aromatic nitrogens is 4. The maximum absolute atomic E-state index is 12.8. The number of carbonyl (C=O) groups is 2. The molecule has 0 aliphatic heterocycles. The summed E-state index contributed by atoms with van der Waals surface area (Å²) in [5.74, 6) is -0.595. The smallest absolute Gasteiger partial charge is 0.223 e. The highest BCUT2D eigenvalue weighted by Gasteiger charge is 2.23. The van der Waals surface area contributed by atoms with Crippen LogP contribution in [0, 0.1) is 5.92 Å². The molecule has 0 saturated carbocycles. The number of nitrogens with zero attached hydrogens (tertiary/aromatic N) is 4. The Morgan fingerprint density at radius 3 is 2.59 bits per heavy atom. The molecule has 0 fully saturated rings. The first-order valence-electron chi connectivity index (χ1n) is 8.94. The van der Waals surface area contributed by atoms with Crippen LogP contribution in [0.4, 0.5) is 0 Å². The van der Waals surface area contributed by atoms with Crippen molar-refractivity contribution in [1.82, 2.24) is 24.9 Å². The molecule has 27 heavy (non-hydrogen) atoms. The van der Waals surface area contributed by atoms with Crippen LogP contribution in [0.2, 0.25) is 0 Å². The van der Waals surface area contributed by atoms with Crippen LogP contribution in [0.15, 0.2) is 61.1 Å². The Bertz CT molecular complexity index is 871. The van der Waals surface area contributed by atoms with Crippen molar-refractivity contribution in [2.75, 3.05) is 0 Å². The second-order valence-electron chi connectivity index (χ2n) is 6.49. The second-order valence-corrected chi connectivity index (χ2v) is 6.49. The molecule has 1 amide bonds. The Kier molecular flexibility index (Phi) is 6.14. The zero-order chi connectivity index (χ0) is 19.1. The van der Waals surface area contributed by atoms with Crippen molar-refractivity contribution in [2.45, 2.75) is 25.9 Å². The quantitative estimate of drug-likeness (QED) is 0.590. The van der Waals surface area contributed by atoms with Crippen LogP contribution in [0.1, 0.15) is 28.9 Å². The van der Waals surface area contributed by atoms with Crippen LogP contribution >= 0.6 is 0 Å². The van der Waals surface area contributed by atoms with Gasteiger partial charge in [0.1, 0.15) is 0 Å². The fourth-order valence-electron chi connectivity index (χ4n) is 2.97. The molecule has 0 saturated heterocycles. The van der Waals surface area contributed by atoms with Crippen LogP contribution in [0.5, 0.6) is 0 Å². The maximum atomic E-state index is 12.8. The summed E-state index contributed by atoms with van der Waals surface area (Å²) in [7, 11) is 1.83. The van der Waals surface area contributed by atoms with Gasteiger partial charge in [-0.05, 0) is 24.1 Å². The van der Waals surface area contributed by atoms with Crippen molar-refractivity contribution in [3.8, 4) is 0 Å². The average Bonchev–Trinajstić information content (AvgIpc) is 3.35. The lowest BCUT2D eigenvalue weighted by Crippen LogP contribution is -2.32. The zero-order valence-electron chi connectivity index (χ0n) is 15.3. The van der Waals surface area contributed by atoms with E-state index in [1.54, 1.807) is 27.7 Å². The highest BCUT2D eigenvalue weighted by atomic mass is 16.2. The lowest BCUT2D eigenvalue weighted by atomic mass is 9.96. The van der Waals surface area contributed by atoms with Gasteiger partial charge < -0.3 is 9.88 Å². The minimum absolute atomic E-state index is 0.0408. The van der Waals surface area contributed by atoms with Crippen LogP contribution in [0.25, 0.3) is 0 Å². The first-order valence-corrected chi connectivity index (χ1v) is 8.94. The second kappa shape index (κ2) is 8.93. The lowest BCUT2D eigenvalue weighted by Gasteiger charge is -2.16.